The Labute approximate surface area is 227 Å². The van der Waals surface area contributed by atoms with Gasteiger partial charge >= 0.3 is 0 Å². The van der Waals surface area contributed by atoms with Crippen molar-refractivity contribution >= 4 is 22.8 Å². The third-order valence-corrected chi connectivity index (χ3v) is 8.63. The number of fused-ring (bicyclic) bond motifs is 1. The van der Waals surface area contributed by atoms with E-state index < -0.39 is 22.6 Å². The zero-order chi connectivity index (χ0) is 27.1. The molecular formula is C31H33N3O5. The van der Waals surface area contributed by atoms with Crippen molar-refractivity contribution in [2.45, 2.75) is 74.5 Å². The van der Waals surface area contributed by atoms with Gasteiger partial charge in [-0.3, -0.25) is 9.59 Å². The van der Waals surface area contributed by atoms with Gasteiger partial charge in [-0.15, -0.1) is 0 Å². The lowest BCUT2D eigenvalue weighted by atomic mass is 9.80. The molecule has 1 saturated heterocycles. The summed E-state index contributed by atoms with van der Waals surface area (Å²) in [5, 5.41) is 27.1. The molecule has 3 aliphatic rings. The molecule has 1 aromatic heterocycles. The number of rotatable bonds is 6. The topological polar surface area (TPSA) is 125 Å². The molecular weight excluding hydrogens is 494 g/mol. The molecule has 6 rings (SSSR count). The highest BCUT2D eigenvalue weighted by atomic mass is 16.5. The minimum atomic E-state index is -1.04. The summed E-state index contributed by atoms with van der Waals surface area (Å²) in [4.78, 5) is 26.6. The SMILES string of the molecule is N#CC1(NC(=O)C2(NC(=O)c3cc4ccc(-c5ccc(C6(O)CCOCC6)cc5)cc4o3)CCCCC2)CC1. The maximum Gasteiger partial charge on any atom is 0.287 e. The Bertz CT molecular complexity index is 1440. The molecule has 8 heteroatoms. The number of aliphatic hydroxyl groups is 1. The molecule has 0 bridgehead atoms. The number of nitrogens with one attached hydrogen (secondary N) is 2. The zero-order valence-corrected chi connectivity index (χ0v) is 21.9. The molecule has 1 aliphatic heterocycles. The summed E-state index contributed by atoms with van der Waals surface area (Å²) in [5.74, 6) is -0.555. The molecule has 2 heterocycles. The molecule has 2 aromatic carbocycles. The molecule has 0 atom stereocenters. The first-order chi connectivity index (χ1) is 18.8. The highest BCUT2D eigenvalue weighted by Gasteiger charge is 2.50. The lowest BCUT2D eigenvalue weighted by Crippen LogP contribution is -2.61. The van der Waals surface area contributed by atoms with Gasteiger partial charge in [-0.2, -0.15) is 5.26 Å². The summed E-state index contributed by atoms with van der Waals surface area (Å²) in [5.41, 5.74) is 0.686. The Morgan fingerprint density at radius 3 is 2.21 bits per heavy atom. The second-order valence-corrected chi connectivity index (χ2v) is 11.3. The second kappa shape index (κ2) is 9.82. The van der Waals surface area contributed by atoms with Crippen LogP contribution in [0.5, 0.6) is 0 Å². The lowest BCUT2D eigenvalue weighted by Gasteiger charge is -2.37. The molecule has 3 fully saturated rings. The van der Waals surface area contributed by atoms with Crippen LogP contribution in [0, 0.1) is 11.3 Å². The monoisotopic (exact) mass is 527 g/mol. The Kier molecular flexibility index (Phi) is 6.44. The summed E-state index contributed by atoms with van der Waals surface area (Å²) in [6.45, 7) is 1.10. The summed E-state index contributed by atoms with van der Waals surface area (Å²) >= 11 is 0. The molecule has 3 aromatic rings. The zero-order valence-electron chi connectivity index (χ0n) is 21.9. The van der Waals surface area contributed by atoms with Crippen LogP contribution in [-0.2, 0) is 15.1 Å². The van der Waals surface area contributed by atoms with E-state index in [-0.39, 0.29) is 11.7 Å². The van der Waals surface area contributed by atoms with Crippen molar-refractivity contribution in [2.24, 2.45) is 0 Å². The van der Waals surface area contributed by atoms with Crippen molar-refractivity contribution < 1.29 is 23.8 Å². The van der Waals surface area contributed by atoms with Crippen molar-refractivity contribution in [1.29, 1.82) is 5.26 Å². The number of hydrogen-bond donors (Lipinski definition) is 3. The molecule has 39 heavy (non-hydrogen) atoms. The van der Waals surface area contributed by atoms with Crippen LogP contribution in [0.3, 0.4) is 0 Å². The molecule has 2 amide bonds. The summed E-state index contributed by atoms with van der Waals surface area (Å²) in [6, 6.07) is 17.6. The Morgan fingerprint density at radius 1 is 0.846 bits per heavy atom. The minimum absolute atomic E-state index is 0.151. The molecule has 8 nitrogen and oxygen atoms in total. The third-order valence-electron chi connectivity index (χ3n) is 8.63. The fourth-order valence-corrected chi connectivity index (χ4v) is 5.86. The van der Waals surface area contributed by atoms with Crippen LogP contribution in [0.4, 0.5) is 0 Å². The first-order valence-electron chi connectivity index (χ1n) is 13.8. The molecule has 202 valence electrons. The van der Waals surface area contributed by atoms with Gasteiger partial charge in [-0.1, -0.05) is 55.7 Å². The predicted octanol–water partition coefficient (Wildman–Crippen LogP) is 4.70. The molecule has 2 aliphatic carbocycles. The van der Waals surface area contributed by atoms with Crippen LogP contribution < -0.4 is 10.6 Å². The maximum absolute atomic E-state index is 13.3. The Morgan fingerprint density at radius 2 is 1.54 bits per heavy atom. The van der Waals surface area contributed by atoms with E-state index in [1.807, 2.05) is 42.5 Å². The normalized spacial score (nSPS) is 21.0. The van der Waals surface area contributed by atoms with Gasteiger partial charge in [0.2, 0.25) is 5.91 Å². The predicted molar refractivity (Wildman–Crippen MR) is 145 cm³/mol. The number of nitrogens with zero attached hydrogens (tertiary/aromatic N) is 1. The fraction of sp³-hybridized carbons (Fsp3) is 0.452. The molecule has 0 radical (unpaired) electrons. The number of benzene rings is 2. The van der Waals surface area contributed by atoms with E-state index in [0.717, 1.165) is 41.3 Å². The van der Waals surface area contributed by atoms with Crippen molar-refractivity contribution in [3.05, 3.63) is 59.9 Å². The summed E-state index contributed by atoms with van der Waals surface area (Å²) < 4.78 is 11.4. The van der Waals surface area contributed by atoms with Crippen molar-refractivity contribution in [3.63, 3.8) is 0 Å². The molecule has 3 N–H and O–H groups in total. The van der Waals surface area contributed by atoms with Crippen LogP contribution in [0.15, 0.2) is 52.9 Å². The number of hydrogen-bond acceptors (Lipinski definition) is 6. The van der Waals surface area contributed by atoms with Gasteiger partial charge in [0.05, 0.1) is 11.7 Å². The number of nitriles is 1. The van der Waals surface area contributed by atoms with E-state index >= 15 is 0 Å². The lowest BCUT2D eigenvalue weighted by molar-refractivity contribution is -0.129. The first-order valence-corrected chi connectivity index (χ1v) is 13.8. The van der Waals surface area contributed by atoms with Gasteiger partial charge in [0.15, 0.2) is 5.76 Å². The molecule has 2 saturated carbocycles. The van der Waals surface area contributed by atoms with Crippen molar-refractivity contribution in [2.75, 3.05) is 13.2 Å². The van der Waals surface area contributed by atoms with Crippen molar-refractivity contribution in [1.82, 2.24) is 10.6 Å². The number of carbonyl (C=O) groups is 2. The summed E-state index contributed by atoms with van der Waals surface area (Å²) in [7, 11) is 0. The highest BCUT2D eigenvalue weighted by molar-refractivity contribution is 6.00. The average molecular weight is 528 g/mol. The molecule has 0 unspecified atom stereocenters. The van der Waals surface area contributed by atoms with Crippen LogP contribution in [0.2, 0.25) is 0 Å². The van der Waals surface area contributed by atoms with E-state index in [9.17, 15) is 20.0 Å². The van der Waals surface area contributed by atoms with Gasteiger partial charge in [0.25, 0.3) is 5.91 Å². The maximum atomic E-state index is 13.3. The number of carbonyl (C=O) groups excluding carboxylic acids is 2. The van der Waals surface area contributed by atoms with Crippen LogP contribution in [0.25, 0.3) is 22.1 Å². The van der Waals surface area contributed by atoms with Gasteiger partial charge in [0.1, 0.15) is 16.7 Å². The summed E-state index contributed by atoms with van der Waals surface area (Å²) in [6.07, 6.45) is 6.20. The Balaban J connectivity index is 1.21. The van der Waals surface area contributed by atoms with Crippen LogP contribution in [-0.4, -0.2) is 41.2 Å². The first kappa shape index (κ1) is 25.6. The number of ether oxygens (including phenoxy) is 1. The average Bonchev–Trinajstić information content (AvgIpc) is 3.60. The Hall–Kier alpha value is -3.67. The number of amides is 2. The van der Waals surface area contributed by atoms with Gasteiger partial charge in [-0.05, 0) is 54.5 Å². The van der Waals surface area contributed by atoms with E-state index in [1.165, 1.54) is 0 Å². The second-order valence-electron chi connectivity index (χ2n) is 11.3. The van der Waals surface area contributed by atoms with E-state index in [1.54, 1.807) is 6.07 Å². The largest absolute Gasteiger partial charge is 0.451 e. The number of furan rings is 1. The quantitative estimate of drug-likeness (QED) is 0.427. The van der Waals surface area contributed by atoms with Crippen LogP contribution >= 0.6 is 0 Å². The molecule has 0 spiro atoms. The standard InChI is InChI=1S/C31H33N3O5/c32-20-29(12-13-29)34-28(36)30(10-2-1-3-11-30)33-27(35)26-19-23-5-4-22(18-25(23)39-26)21-6-8-24(9-7-21)31(37)14-16-38-17-15-31/h4-9,18-19,37H,1-3,10-17H2,(H,33,35)(H,34,36). The van der Waals surface area contributed by atoms with E-state index in [0.29, 0.717) is 57.3 Å². The van der Waals surface area contributed by atoms with Gasteiger partial charge in [-0.25, -0.2) is 0 Å². The van der Waals surface area contributed by atoms with E-state index in [4.69, 9.17) is 9.15 Å². The fourth-order valence-electron chi connectivity index (χ4n) is 5.86. The van der Waals surface area contributed by atoms with E-state index in [2.05, 4.69) is 16.7 Å². The van der Waals surface area contributed by atoms with Crippen LogP contribution in [0.1, 0.15) is 73.9 Å². The van der Waals surface area contributed by atoms with Gasteiger partial charge in [0, 0.05) is 31.4 Å². The van der Waals surface area contributed by atoms with Crippen molar-refractivity contribution in [3.8, 4) is 17.2 Å². The van der Waals surface area contributed by atoms with Gasteiger partial charge < -0.3 is 24.9 Å². The highest BCUT2D eigenvalue weighted by Crippen LogP contribution is 2.37. The minimum Gasteiger partial charge on any atom is -0.451 e. The third kappa shape index (κ3) is 4.93. The smallest absolute Gasteiger partial charge is 0.287 e.